The number of ether oxygens (including phenoxy) is 1. The van der Waals surface area contributed by atoms with Gasteiger partial charge in [-0.25, -0.2) is 13.6 Å². The first-order valence-electron chi connectivity index (χ1n) is 8.37. The van der Waals surface area contributed by atoms with E-state index in [1.807, 2.05) is 5.32 Å². The maximum Gasteiger partial charge on any atom is 0.441 e. The molecule has 0 aliphatic heterocycles. The highest BCUT2D eigenvalue weighted by Crippen LogP contribution is 2.34. The molecule has 0 heterocycles. The third-order valence-corrected chi connectivity index (χ3v) is 3.96. The summed E-state index contributed by atoms with van der Waals surface area (Å²) in [4.78, 5) is 24.8. The molecule has 1 amide bonds. The second-order valence-corrected chi connectivity index (χ2v) is 5.96. The molecule has 29 heavy (non-hydrogen) atoms. The Bertz CT molecular complexity index is 897. The lowest BCUT2D eigenvalue weighted by molar-refractivity contribution is -0.204. The van der Waals surface area contributed by atoms with Gasteiger partial charge in [-0.05, 0) is 37.6 Å². The molecule has 0 aromatic heterocycles. The van der Waals surface area contributed by atoms with Crippen LogP contribution >= 0.6 is 0 Å². The Morgan fingerprint density at radius 3 is 2.10 bits per heavy atom. The maximum absolute atomic E-state index is 14.1. The predicted octanol–water partition coefficient (Wildman–Crippen LogP) is 3.94. The van der Waals surface area contributed by atoms with Gasteiger partial charge in [0.05, 0.1) is 6.61 Å². The SMILES string of the molecule is CCOC(=O)[C@@](NC(=O)c1c(F)cccc1F)(Nc1ccccc1C)C(F)(F)F. The first kappa shape index (κ1) is 22.1. The van der Waals surface area contributed by atoms with E-state index in [2.05, 4.69) is 4.74 Å². The minimum atomic E-state index is -5.43. The number of benzene rings is 2. The lowest BCUT2D eigenvalue weighted by Crippen LogP contribution is -2.69. The number of hydrogen-bond donors (Lipinski definition) is 2. The normalized spacial score (nSPS) is 13.3. The van der Waals surface area contributed by atoms with Crippen LogP contribution < -0.4 is 10.6 Å². The van der Waals surface area contributed by atoms with Crippen molar-refractivity contribution in [3.05, 3.63) is 65.2 Å². The predicted molar refractivity (Wildman–Crippen MR) is 94.0 cm³/mol. The zero-order chi connectivity index (χ0) is 21.8. The molecule has 0 bridgehead atoms. The second-order valence-electron chi connectivity index (χ2n) is 5.96. The van der Waals surface area contributed by atoms with Crippen molar-refractivity contribution >= 4 is 17.6 Å². The van der Waals surface area contributed by atoms with E-state index in [0.29, 0.717) is 17.7 Å². The molecule has 5 nitrogen and oxygen atoms in total. The molecule has 0 aliphatic carbocycles. The van der Waals surface area contributed by atoms with Gasteiger partial charge in [-0.1, -0.05) is 24.3 Å². The standard InChI is InChI=1S/C19H17F5N2O3/c1-3-29-17(28)18(19(22,23)24,25-14-10-5-4-7-11(14)2)26-16(27)15-12(20)8-6-9-13(15)21/h4-10,25H,3H2,1-2H3,(H,26,27)/t18-/m0/s1. The lowest BCUT2D eigenvalue weighted by atomic mass is 10.1. The number of carbonyl (C=O) groups is 2. The molecule has 1 atom stereocenters. The molecule has 0 spiro atoms. The number of nitrogens with one attached hydrogen (secondary N) is 2. The van der Waals surface area contributed by atoms with Gasteiger partial charge in [-0.2, -0.15) is 13.2 Å². The molecule has 10 heteroatoms. The van der Waals surface area contributed by atoms with E-state index in [1.54, 1.807) is 6.07 Å². The van der Waals surface area contributed by atoms with Gasteiger partial charge in [-0.3, -0.25) is 4.79 Å². The summed E-state index contributed by atoms with van der Waals surface area (Å²) in [5, 5.41) is 3.35. The molecular weight excluding hydrogens is 399 g/mol. The van der Waals surface area contributed by atoms with E-state index in [9.17, 15) is 31.5 Å². The molecule has 156 valence electrons. The van der Waals surface area contributed by atoms with E-state index < -0.39 is 47.5 Å². The number of amides is 1. The van der Waals surface area contributed by atoms with Crippen LogP contribution in [0.15, 0.2) is 42.5 Å². The number of esters is 1. The fourth-order valence-electron chi connectivity index (χ4n) is 2.49. The van der Waals surface area contributed by atoms with E-state index in [4.69, 9.17) is 0 Å². The van der Waals surface area contributed by atoms with Crippen LogP contribution in [0.2, 0.25) is 0 Å². The zero-order valence-electron chi connectivity index (χ0n) is 15.4. The highest BCUT2D eigenvalue weighted by molar-refractivity contribution is 6.00. The Labute approximate surface area is 162 Å². The fourth-order valence-corrected chi connectivity index (χ4v) is 2.49. The van der Waals surface area contributed by atoms with E-state index >= 15 is 0 Å². The maximum atomic E-state index is 14.1. The Morgan fingerprint density at radius 2 is 1.59 bits per heavy atom. The summed E-state index contributed by atoms with van der Waals surface area (Å²) >= 11 is 0. The Morgan fingerprint density at radius 1 is 1.00 bits per heavy atom. The van der Waals surface area contributed by atoms with Gasteiger partial charge >= 0.3 is 17.8 Å². The van der Waals surface area contributed by atoms with Crippen LogP contribution in [-0.2, 0) is 9.53 Å². The smallest absolute Gasteiger partial charge is 0.441 e. The number of aryl methyl sites for hydroxylation is 1. The summed E-state index contributed by atoms with van der Waals surface area (Å²) < 4.78 is 74.5. The first-order valence-corrected chi connectivity index (χ1v) is 8.37. The summed E-state index contributed by atoms with van der Waals surface area (Å²) in [6.07, 6.45) is -5.43. The van der Waals surface area contributed by atoms with Crippen LogP contribution in [0.5, 0.6) is 0 Å². The van der Waals surface area contributed by atoms with Crippen LogP contribution in [-0.4, -0.2) is 30.3 Å². The number of carbonyl (C=O) groups excluding carboxylic acids is 2. The molecule has 0 fully saturated rings. The molecule has 2 rings (SSSR count). The van der Waals surface area contributed by atoms with Crippen molar-refractivity contribution in [1.29, 1.82) is 0 Å². The van der Waals surface area contributed by atoms with Gasteiger partial charge in [0.1, 0.15) is 17.2 Å². The van der Waals surface area contributed by atoms with E-state index in [0.717, 1.165) is 6.07 Å². The molecule has 0 unspecified atom stereocenters. The fraction of sp³-hybridized carbons (Fsp3) is 0.263. The van der Waals surface area contributed by atoms with Crippen LogP contribution in [0.3, 0.4) is 0 Å². The quantitative estimate of drug-likeness (QED) is 0.425. The van der Waals surface area contributed by atoms with Crippen molar-refractivity contribution < 1.29 is 36.3 Å². The average Bonchev–Trinajstić information content (AvgIpc) is 2.62. The molecule has 0 saturated heterocycles. The first-order chi connectivity index (χ1) is 13.5. The Hall–Kier alpha value is -3.17. The largest absolute Gasteiger partial charge is 0.463 e. The van der Waals surface area contributed by atoms with Crippen molar-refractivity contribution in [2.45, 2.75) is 25.7 Å². The minimum Gasteiger partial charge on any atom is -0.463 e. The monoisotopic (exact) mass is 416 g/mol. The molecule has 2 aromatic rings. The van der Waals surface area contributed by atoms with Crippen LogP contribution in [0.4, 0.5) is 27.6 Å². The number of hydrogen-bond acceptors (Lipinski definition) is 4. The van der Waals surface area contributed by atoms with Crippen molar-refractivity contribution in [2.75, 3.05) is 11.9 Å². The molecule has 0 aliphatic rings. The van der Waals surface area contributed by atoms with Crippen molar-refractivity contribution in [3.63, 3.8) is 0 Å². The van der Waals surface area contributed by atoms with Crippen LogP contribution in [0.1, 0.15) is 22.8 Å². The van der Waals surface area contributed by atoms with Crippen molar-refractivity contribution in [3.8, 4) is 0 Å². The highest BCUT2D eigenvalue weighted by atomic mass is 19.4. The third kappa shape index (κ3) is 4.47. The summed E-state index contributed by atoms with van der Waals surface area (Å²) in [5.74, 6) is -6.45. The van der Waals surface area contributed by atoms with Gasteiger partial charge in [0, 0.05) is 5.69 Å². The van der Waals surface area contributed by atoms with Crippen molar-refractivity contribution in [2.24, 2.45) is 0 Å². The molecule has 0 radical (unpaired) electrons. The van der Waals surface area contributed by atoms with Crippen LogP contribution in [0, 0.1) is 18.6 Å². The van der Waals surface area contributed by atoms with Gasteiger partial charge in [0.25, 0.3) is 5.91 Å². The Kier molecular flexibility index (Phi) is 6.45. The summed E-state index contributed by atoms with van der Waals surface area (Å²) in [5.41, 5.74) is -4.89. The molecule has 2 N–H and O–H groups in total. The Balaban J connectivity index is 2.60. The number of alkyl halides is 3. The minimum absolute atomic E-state index is 0.146. The average molecular weight is 416 g/mol. The molecule has 0 saturated carbocycles. The number of halogens is 5. The van der Waals surface area contributed by atoms with Gasteiger partial charge in [0.2, 0.25) is 0 Å². The van der Waals surface area contributed by atoms with Crippen molar-refractivity contribution in [1.82, 2.24) is 5.32 Å². The second kappa shape index (κ2) is 8.46. The highest BCUT2D eigenvalue weighted by Gasteiger charge is 2.64. The van der Waals surface area contributed by atoms with Gasteiger partial charge in [-0.15, -0.1) is 0 Å². The number of rotatable bonds is 6. The number of para-hydroxylation sites is 1. The van der Waals surface area contributed by atoms with Crippen LogP contribution in [0.25, 0.3) is 0 Å². The molecular formula is C19H17F5N2O3. The lowest BCUT2D eigenvalue weighted by Gasteiger charge is -2.35. The van der Waals surface area contributed by atoms with E-state index in [-0.39, 0.29) is 5.69 Å². The molecule has 2 aromatic carbocycles. The summed E-state index contributed by atoms with van der Waals surface area (Å²) in [6, 6.07) is 8.00. The van der Waals surface area contributed by atoms with E-state index in [1.165, 1.54) is 37.4 Å². The summed E-state index contributed by atoms with van der Waals surface area (Å²) in [7, 11) is 0. The van der Waals surface area contributed by atoms with Gasteiger partial charge < -0.3 is 15.4 Å². The third-order valence-electron chi connectivity index (χ3n) is 3.96. The topological polar surface area (TPSA) is 67.4 Å². The number of anilines is 1. The van der Waals surface area contributed by atoms with Gasteiger partial charge in [0.15, 0.2) is 0 Å². The summed E-state index contributed by atoms with van der Waals surface area (Å²) in [6.45, 7) is 2.30. The zero-order valence-corrected chi connectivity index (χ0v) is 15.4.